The minimum absolute atomic E-state index is 0.0549. The maximum Gasteiger partial charge on any atom is 0.404 e. The van der Waals surface area contributed by atoms with Crippen LogP contribution in [0.15, 0.2) is 72.1 Å². The third-order valence-corrected chi connectivity index (χ3v) is 6.54. The quantitative estimate of drug-likeness (QED) is 0.624. The van der Waals surface area contributed by atoms with E-state index in [1.54, 1.807) is 36.4 Å². The van der Waals surface area contributed by atoms with Crippen molar-refractivity contribution < 1.29 is 26.3 Å². The monoisotopic (exact) mass is 472 g/mol. The summed E-state index contributed by atoms with van der Waals surface area (Å²) in [6.45, 7) is -0.222. The number of alkyl halides is 3. The fourth-order valence-corrected chi connectivity index (χ4v) is 4.65. The largest absolute Gasteiger partial charge is 0.457 e. The van der Waals surface area contributed by atoms with Gasteiger partial charge in [-0.15, -0.1) is 0 Å². The summed E-state index contributed by atoms with van der Waals surface area (Å²) in [6.07, 6.45) is -1.47. The van der Waals surface area contributed by atoms with Gasteiger partial charge in [-0.1, -0.05) is 41.9 Å². The van der Waals surface area contributed by atoms with E-state index in [9.17, 15) is 21.6 Å². The van der Waals surface area contributed by atoms with Crippen LogP contribution in [0.3, 0.4) is 0 Å². The van der Waals surface area contributed by atoms with E-state index in [1.807, 2.05) is 18.2 Å². The Labute approximate surface area is 183 Å². The summed E-state index contributed by atoms with van der Waals surface area (Å²) in [5.74, 6) is -0.716. The van der Waals surface area contributed by atoms with Crippen LogP contribution in [-0.2, 0) is 16.4 Å². The van der Waals surface area contributed by atoms with Crippen molar-refractivity contribution in [2.75, 3.05) is 19.3 Å². The predicted octanol–water partition coefficient (Wildman–Crippen LogP) is 4.87. The van der Waals surface area contributed by atoms with Gasteiger partial charge in [0, 0.05) is 24.1 Å². The van der Waals surface area contributed by atoms with E-state index >= 15 is 0 Å². The van der Waals surface area contributed by atoms with Gasteiger partial charge in [0.1, 0.15) is 17.3 Å². The van der Waals surface area contributed by atoms with Gasteiger partial charge in [-0.25, -0.2) is 8.42 Å². The predicted molar refractivity (Wildman–Crippen MR) is 113 cm³/mol. The number of nitrogens with zero attached hydrogens (tertiary/aromatic N) is 1. The van der Waals surface area contributed by atoms with Gasteiger partial charge < -0.3 is 10.1 Å². The lowest BCUT2D eigenvalue weighted by Gasteiger charge is -2.29. The highest BCUT2D eigenvalue weighted by Crippen LogP contribution is 2.33. The summed E-state index contributed by atoms with van der Waals surface area (Å²) in [5.41, 5.74) is 1.37. The molecule has 0 unspecified atom stereocenters. The molecule has 0 atom stereocenters. The number of allylic oxidation sites excluding steroid dienone is 2. The summed E-state index contributed by atoms with van der Waals surface area (Å²) in [5, 5.41) is 3.13. The van der Waals surface area contributed by atoms with Gasteiger partial charge in [0.05, 0.1) is 6.54 Å². The van der Waals surface area contributed by atoms with Crippen LogP contribution in [0.1, 0.15) is 5.56 Å². The molecule has 0 spiro atoms. The molecule has 0 aromatic heterocycles. The van der Waals surface area contributed by atoms with Gasteiger partial charge in [-0.2, -0.15) is 13.2 Å². The highest BCUT2D eigenvalue weighted by Gasteiger charge is 2.39. The lowest BCUT2D eigenvalue weighted by Crippen LogP contribution is -2.42. The van der Waals surface area contributed by atoms with Crippen molar-refractivity contribution in [1.29, 1.82) is 0 Å². The van der Waals surface area contributed by atoms with Crippen LogP contribution in [0.5, 0.6) is 11.5 Å². The van der Waals surface area contributed by atoms with Crippen molar-refractivity contribution in [1.82, 2.24) is 9.62 Å². The second kappa shape index (κ2) is 9.23. The highest BCUT2D eigenvalue weighted by molar-refractivity contribution is 7.89. The summed E-state index contributed by atoms with van der Waals surface area (Å²) in [7, 11) is -3.12. The first-order chi connectivity index (χ1) is 14.6. The zero-order valence-electron chi connectivity index (χ0n) is 16.5. The number of halogens is 4. The molecule has 1 aliphatic rings. The number of hydrogen-bond acceptors (Lipinski definition) is 4. The fraction of sp³-hybridized carbons (Fsp3) is 0.238. The zero-order chi connectivity index (χ0) is 22.6. The molecule has 2 aromatic rings. The number of benzene rings is 2. The molecule has 0 fully saturated rings. The normalized spacial score (nSPS) is 14.7. The summed E-state index contributed by atoms with van der Waals surface area (Å²) < 4.78 is 69.1. The summed E-state index contributed by atoms with van der Waals surface area (Å²) >= 11 is 6.38. The highest BCUT2D eigenvalue weighted by atomic mass is 35.5. The molecule has 31 heavy (non-hydrogen) atoms. The van der Waals surface area contributed by atoms with Crippen molar-refractivity contribution in [3.63, 3.8) is 0 Å². The standard InChI is InChI=1S/C21H20ClF3N2O3S/c1-26-20-13-15(10-11-27(20)31(28,29)14-21(23,24)25)12-17-18(22)8-5-9-19(17)30-16-6-3-2-4-7-16/h2-10,13,26H,11-12,14H2,1H3. The maximum atomic E-state index is 12.7. The van der Waals surface area contributed by atoms with Crippen molar-refractivity contribution in [3.8, 4) is 11.5 Å². The maximum absolute atomic E-state index is 12.7. The van der Waals surface area contributed by atoms with E-state index in [0.29, 0.717) is 38.4 Å². The van der Waals surface area contributed by atoms with E-state index in [-0.39, 0.29) is 12.4 Å². The molecular weight excluding hydrogens is 453 g/mol. The third kappa shape index (κ3) is 5.95. The second-order valence-electron chi connectivity index (χ2n) is 6.77. The Morgan fingerprint density at radius 2 is 1.84 bits per heavy atom. The topological polar surface area (TPSA) is 58.6 Å². The van der Waals surface area contributed by atoms with Crippen LogP contribution in [0.25, 0.3) is 0 Å². The molecule has 0 bridgehead atoms. The molecule has 0 amide bonds. The van der Waals surface area contributed by atoms with Crippen LogP contribution < -0.4 is 10.1 Å². The van der Waals surface area contributed by atoms with E-state index in [1.165, 1.54) is 13.1 Å². The van der Waals surface area contributed by atoms with Crippen molar-refractivity contribution in [2.45, 2.75) is 12.6 Å². The lowest BCUT2D eigenvalue weighted by atomic mass is 10.0. The Morgan fingerprint density at radius 1 is 1.13 bits per heavy atom. The van der Waals surface area contributed by atoms with Gasteiger partial charge in [-0.3, -0.25) is 4.31 Å². The minimum Gasteiger partial charge on any atom is -0.457 e. The molecule has 1 aliphatic heterocycles. The van der Waals surface area contributed by atoms with E-state index in [2.05, 4.69) is 5.32 Å². The first-order valence-corrected chi connectivity index (χ1v) is 11.2. The van der Waals surface area contributed by atoms with Gasteiger partial charge in [-0.05, 0) is 35.9 Å². The fourth-order valence-electron chi connectivity index (χ4n) is 3.10. The van der Waals surface area contributed by atoms with Gasteiger partial charge in [0.25, 0.3) is 0 Å². The molecule has 1 N–H and O–H groups in total. The van der Waals surface area contributed by atoms with Gasteiger partial charge in [0.2, 0.25) is 10.0 Å². The summed E-state index contributed by atoms with van der Waals surface area (Å²) in [6, 6.07) is 14.4. The molecule has 0 saturated heterocycles. The van der Waals surface area contributed by atoms with E-state index in [0.717, 1.165) is 0 Å². The molecule has 2 aromatic carbocycles. The van der Waals surface area contributed by atoms with Crippen molar-refractivity contribution >= 4 is 21.6 Å². The van der Waals surface area contributed by atoms with Gasteiger partial charge in [0.15, 0.2) is 5.75 Å². The first-order valence-electron chi connectivity index (χ1n) is 9.25. The molecule has 1 heterocycles. The van der Waals surface area contributed by atoms with Gasteiger partial charge >= 0.3 is 6.18 Å². The number of nitrogens with one attached hydrogen (secondary N) is 1. The third-order valence-electron chi connectivity index (χ3n) is 4.48. The van der Waals surface area contributed by atoms with Crippen LogP contribution in [0.2, 0.25) is 5.02 Å². The molecule has 10 heteroatoms. The van der Waals surface area contributed by atoms with Crippen LogP contribution in [-0.4, -0.2) is 38.2 Å². The number of sulfonamides is 1. The number of hydrogen-bond donors (Lipinski definition) is 1. The summed E-state index contributed by atoms with van der Waals surface area (Å²) in [4.78, 5) is 0. The Hall–Kier alpha value is -2.65. The van der Waals surface area contributed by atoms with Crippen LogP contribution in [0.4, 0.5) is 13.2 Å². The molecule has 0 radical (unpaired) electrons. The molecule has 0 aliphatic carbocycles. The Morgan fingerprint density at radius 3 is 2.48 bits per heavy atom. The molecule has 0 saturated carbocycles. The molecule has 166 valence electrons. The average molecular weight is 473 g/mol. The van der Waals surface area contributed by atoms with Crippen LogP contribution in [0, 0.1) is 0 Å². The van der Waals surface area contributed by atoms with Crippen molar-refractivity contribution in [2.24, 2.45) is 0 Å². The molecular formula is C21H20ClF3N2O3S. The number of para-hydroxylation sites is 1. The molecule has 5 nitrogen and oxygen atoms in total. The first kappa shape index (κ1) is 23.0. The second-order valence-corrected chi connectivity index (χ2v) is 9.07. The SMILES string of the molecule is CNC1=CC(Cc2c(Cl)cccc2Oc2ccccc2)=CCN1S(=O)(=O)CC(F)(F)F. The Bertz CT molecular complexity index is 1100. The van der Waals surface area contributed by atoms with E-state index in [4.69, 9.17) is 16.3 Å². The minimum atomic E-state index is -4.83. The number of ether oxygens (including phenoxy) is 1. The Balaban J connectivity index is 1.85. The Kier molecular flexibility index (Phi) is 6.86. The lowest BCUT2D eigenvalue weighted by molar-refractivity contribution is -0.106. The van der Waals surface area contributed by atoms with E-state index < -0.39 is 22.0 Å². The smallest absolute Gasteiger partial charge is 0.404 e. The van der Waals surface area contributed by atoms with Crippen molar-refractivity contribution in [3.05, 3.63) is 82.7 Å². The van der Waals surface area contributed by atoms with Crippen LogP contribution >= 0.6 is 11.6 Å². The average Bonchev–Trinajstić information content (AvgIpc) is 2.69. The molecule has 3 rings (SSSR count). The zero-order valence-corrected chi connectivity index (χ0v) is 18.1. The number of rotatable bonds is 7.